The van der Waals surface area contributed by atoms with E-state index in [-0.39, 0.29) is 18.0 Å². The van der Waals surface area contributed by atoms with E-state index >= 15 is 0 Å². The summed E-state index contributed by atoms with van der Waals surface area (Å²) in [5.41, 5.74) is 7.90. The lowest BCUT2D eigenvalue weighted by Gasteiger charge is -2.23. The summed E-state index contributed by atoms with van der Waals surface area (Å²) in [7, 11) is 0. The average molecular weight is 235 g/mol. The molecule has 0 amide bonds. The van der Waals surface area contributed by atoms with Crippen molar-refractivity contribution in [3.63, 3.8) is 0 Å². The predicted molar refractivity (Wildman–Crippen MR) is 68.8 cm³/mol. The van der Waals surface area contributed by atoms with Crippen molar-refractivity contribution in [3.05, 3.63) is 35.4 Å². The van der Waals surface area contributed by atoms with Crippen LogP contribution in [0.2, 0.25) is 0 Å². The number of esters is 1. The number of aryl methyl sites for hydroxylation is 1. The Morgan fingerprint density at radius 1 is 1.24 bits per heavy atom. The Hall–Kier alpha value is -1.35. The van der Waals surface area contributed by atoms with E-state index in [0.717, 1.165) is 0 Å². The van der Waals surface area contributed by atoms with Crippen molar-refractivity contribution in [2.24, 2.45) is 5.73 Å². The molecule has 0 spiro atoms. The minimum Gasteiger partial charge on any atom is -0.461 e. The molecule has 0 fully saturated rings. The van der Waals surface area contributed by atoms with Gasteiger partial charge in [-0.05, 0) is 31.9 Å². The van der Waals surface area contributed by atoms with Gasteiger partial charge >= 0.3 is 5.97 Å². The minimum atomic E-state index is -0.568. The zero-order valence-corrected chi connectivity index (χ0v) is 10.9. The average Bonchev–Trinajstić information content (AvgIpc) is 2.28. The first kappa shape index (κ1) is 13.7. The largest absolute Gasteiger partial charge is 0.461 e. The zero-order valence-electron chi connectivity index (χ0n) is 10.9. The van der Waals surface area contributed by atoms with Gasteiger partial charge in [0.25, 0.3) is 0 Å². The summed E-state index contributed by atoms with van der Waals surface area (Å²) in [5.74, 6) is -0.183. The Balaban J connectivity index is 2.73. The van der Waals surface area contributed by atoms with Gasteiger partial charge in [-0.15, -0.1) is 0 Å². The fourth-order valence-electron chi connectivity index (χ4n) is 1.74. The molecule has 0 radical (unpaired) electrons. The molecule has 0 aliphatic carbocycles. The molecule has 2 N–H and O–H groups in total. The van der Waals surface area contributed by atoms with E-state index in [0.29, 0.717) is 0 Å². The molecule has 17 heavy (non-hydrogen) atoms. The van der Waals surface area contributed by atoms with Gasteiger partial charge in [0.1, 0.15) is 12.1 Å². The topological polar surface area (TPSA) is 52.3 Å². The second kappa shape index (κ2) is 5.82. The Morgan fingerprint density at radius 3 is 2.35 bits per heavy atom. The summed E-state index contributed by atoms with van der Waals surface area (Å²) in [4.78, 5) is 11.4. The van der Waals surface area contributed by atoms with Crippen LogP contribution in [0.4, 0.5) is 0 Å². The van der Waals surface area contributed by atoms with Gasteiger partial charge in [0.2, 0.25) is 0 Å². The Bertz CT molecular complexity index is 388. The second-order valence-electron chi connectivity index (χ2n) is 4.58. The summed E-state index contributed by atoms with van der Waals surface area (Å²) in [6.07, 6.45) is -0.172. The van der Waals surface area contributed by atoms with E-state index in [1.807, 2.05) is 19.1 Å². The normalized spacial score (nSPS) is 16.1. The summed E-state index contributed by atoms with van der Waals surface area (Å²) in [6.45, 7) is 7.65. The van der Waals surface area contributed by atoms with Gasteiger partial charge in [0.15, 0.2) is 0 Å². The molecule has 3 atom stereocenters. The van der Waals surface area contributed by atoms with Gasteiger partial charge in [-0.1, -0.05) is 31.2 Å². The number of hydrogen-bond acceptors (Lipinski definition) is 3. The summed E-state index contributed by atoms with van der Waals surface area (Å²) in [5, 5.41) is 0. The minimum absolute atomic E-state index is 0.166. The molecule has 0 aliphatic rings. The van der Waals surface area contributed by atoms with E-state index in [2.05, 4.69) is 26.0 Å². The van der Waals surface area contributed by atoms with E-state index in [1.54, 1.807) is 6.92 Å². The van der Waals surface area contributed by atoms with E-state index in [1.165, 1.54) is 11.1 Å². The SMILES string of the molecule is Cc1ccccc1[C@@H](C)[C@H](C)OC(=O)[C@@H](C)N. The Kier molecular flexibility index (Phi) is 4.70. The predicted octanol–water partition coefficient (Wildman–Crippen LogP) is 2.38. The molecule has 3 nitrogen and oxygen atoms in total. The summed E-state index contributed by atoms with van der Waals surface area (Å²) in [6, 6.07) is 7.56. The van der Waals surface area contributed by atoms with Crippen LogP contribution < -0.4 is 5.73 Å². The third-order valence-corrected chi connectivity index (χ3v) is 3.06. The van der Waals surface area contributed by atoms with Crippen LogP contribution in [0.5, 0.6) is 0 Å². The van der Waals surface area contributed by atoms with Crippen LogP contribution in [0.1, 0.15) is 37.8 Å². The van der Waals surface area contributed by atoms with Gasteiger partial charge < -0.3 is 10.5 Å². The smallest absolute Gasteiger partial charge is 0.322 e. The maximum Gasteiger partial charge on any atom is 0.322 e. The molecule has 1 aromatic carbocycles. The highest BCUT2D eigenvalue weighted by molar-refractivity contribution is 5.75. The lowest BCUT2D eigenvalue weighted by atomic mass is 9.92. The summed E-state index contributed by atoms with van der Waals surface area (Å²) < 4.78 is 5.32. The lowest BCUT2D eigenvalue weighted by Crippen LogP contribution is -2.33. The third kappa shape index (κ3) is 3.56. The number of carbonyl (C=O) groups is 1. The first-order chi connectivity index (χ1) is 7.93. The van der Waals surface area contributed by atoms with Gasteiger partial charge in [0, 0.05) is 5.92 Å². The van der Waals surface area contributed by atoms with Crippen LogP contribution >= 0.6 is 0 Å². The standard InChI is InChI=1S/C14H21NO2/c1-9-7-5-6-8-13(9)10(2)12(4)17-14(16)11(3)15/h5-8,10-12H,15H2,1-4H3/t10-,11+,12-/m0/s1. The molecule has 0 bridgehead atoms. The first-order valence-electron chi connectivity index (χ1n) is 5.95. The number of carbonyl (C=O) groups excluding carboxylic acids is 1. The number of rotatable bonds is 4. The monoisotopic (exact) mass is 235 g/mol. The van der Waals surface area contributed by atoms with Gasteiger partial charge in [-0.2, -0.15) is 0 Å². The van der Waals surface area contributed by atoms with Gasteiger partial charge in [-0.25, -0.2) is 0 Å². The maximum absolute atomic E-state index is 11.4. The number of nitrogens with two attached hydrogens (primary N) is 1. The molecule has 3 heteroatoms. The number of benzene rings is 1. The lowest BCUT2D eigenvalue weighted by molar-refractivity contribution is -0.150. The second-order valence-corrected chi connectivity index (χ2v) is 4.58. The molecule has 0 heterocycles. The van der Waals surface area contributed by atoms with E-state index in [4.69, 9.17) is 10.5 Å². The van der Waals surface area contributed by atoms with E-state index < -0.39 is 6.04 Å². The zero-order chi connectivity index (χ0) is 13.0. The molecule has 0 saturated carbocycles. The highest BCUT2D eigenvalue weighted by Crippen LogP contribution is 2.24. The molecule has 94 valence electrons. The maximum atomic E-state index is 11.4. The van der Waals surface area contributed by atoms with Crippen LogP contribution in [0.25, 0.3) is 0 Å². The van der Waals surface area contributed by atoms with E-state index in [9.17, 15) is 4.79 Å². The summed E-state index contributed by atoms with van der Waals surface area (Å²) >= 11 is 0. The quantitative estimate of drug-likeness (QED) is 0.815. The molecular formula is C14H21NO2. The molecule has 0 saturated heterocycles. The van der Waals surface area contributed by atoms with Crippen LogP contribution in [-0.4, -0.2) is 18.1 Å². The highest BCUT2D eigenvalue weighted by atomic mass is 16.5. The Labute approximate surface area is 103 Å². The van der Waals surface area contributed by atoms with Crippen molar-refractivity contribution in [3.8, 4) is 0 Å². The van der Waals surface area contributed by atoms with Crippen molar-refractivity contribution in [1.29, 1.82) is 0 Å². The van der Waals surface area contributed by atoms with Gasteiger partial charge in [-0.3, -0.25) is 4.79 Å². The van der Waals surface area contributed by atoms with Crippen LogP contribution in [-0.2, 0) is 9.53 Å². The van der Waals surface area contributed by atoms with Crippen molar-refractivity contribution in [2.45, 2.75) is 45.8 Å². The highest BCUT2D eigenvalue weighted by Gasteiger charge is 2.21. The van der Waals surface area contributed by atoms with Crippen molar-refractivity contribution >= 4 is 5.97 Å². The van der Waals surface area contributed by atoms with Crippen molar-refractivity contribution in [2.75, 3.05) is 0 Å². The van der Waals surface area contributed by atoms with Crippen molar-refractivity contribution in [1.82, 2.24) is 0 Å². The fraction of sp³-hybridized carbons (Fsp3) is 0.500. The molecule has 1 aromatic rings. The molecule has 0 unspecified atom stereocenters. The molecule has 1 rings (SSSR count). The van der Waals surface area contributed by atoms with Crippen LogP contribution in [0.3, 0.4) is 0 Å². The van der Waals surface area contributed by atoms with Crippen molar-refractivity contribution < 1.29 is 9.53 Å². The van der Waals surface area contributed by atoms with Crippen LogP contribution in [0.15, 0.2) is 24.3 Å². The Morgan fingerprint density at radius 2 is 1.82 bits per heavy atom. The first-order valence-corrected chi connectivity index (χ1v) is 5.95. The molecule has 0 aliphatic heterocycles. The third-order valence-electron chi connectivity index (χ3n) is 3.06. The van der Waals surface area contributed by atoms with Gasteiger partial charge in [0.05, 0.1) is 0 Å². The fourth-order valence-corrected chi connectivity index (χ4v) is 1.74. The van der Waals surface area contributed by atoms with Crippen LogP contribution in [0, 0.1) is 6.92 Å². The molecule has 0 aromatic heterocycles. The number of ether oxygens (including phenoxy) is 1. The number of hydrogen-bond donors (Lipinski definition) is 1. The molecular weight excluding hydrogens is 214 g/mol.